The van der Waals surface area contributed by atoms with Gasteiger partial charge in [0.1, 0.15) is 5.15 Å². The fourth-order valence-electron chi connectivity index (χ4n) is 2.48. The quantitative estimate of drug-likeness (QED) is 0.857. The summed E-state index contributed by atoms with van der Waals surface area (Å²) in [6.07, 6.45) is 1.85. The molecule has 0 amide bonds. The summed E-state index contributed by atoms with van der Waals surface area (Å²) in [5.41, 5.74) is 3.15. The van der Waals surface area contributed by atoms with Gasteiger partial charge in [-0.05, 0) is 37.9 Å². The van der Waals surface area contributed by atoms with Crippen molar-refractivity contribution in [1.29, 1.82) is 0 Å². The van der Waals surface area contributed by atoms with Crippen molar-refractivity contribution < 1.29 is 0 Å². The number of hydrogen-bond donors (Lipinski definition) is 1. The van der Waals surface area contributed by atoms with E-state index in [0.717, 1.165) is 41.2 Å². The summed E-state index contributed by atoms with van der Waals surface area (Å²) in [5, 5.41) is 9.42. The van der Waals surface area contributed by atoms with Crippen molar-refractivity contribution in [2.75, 3.05) is 6.54 Å². The van der Waals surface area contributed by atoms with Crippen LogP contribution in [0.3, 0.4) is 0 Å². The standard InChI is InChI=1S/C16H21Cl2N3/c1-4-9-19-15(12-7-5-6-8-14(12)17)10-13-11(2)20-21(3)16(13)18/h5-8,15,19H,4,9-10H2,1-3H3. The number of nitrogens with one attached hydrogen (secondary N) is 1. The molecule has 1 heterocycles. The highest BCUT2D eigenvalue weighted by Crippen LogP contribution is 2.29. The zero-order valence-electron chi connectivity index (χ0n) is 12.7. The van der Waals surface area contributed by atoms with Crippen molar-refractivity contribution in [3.63, 3.8) is 0 Å². The van der Waals surface area contributed by atoms with E-state index in [0.29, 0.717) is 5.15 Å². The van der Waals surface area contributed by atoms with E-state index in [1.165, 1.54) is 0 Å². The third kappa shape index (κ3) is 3.79. The first-order valence-electron chi connectivity index (χ1n) is 7.20. The van der Waals surface area contributed by atoms with Crippen LogP contribution in [0, 0.1) is 6.92 Å². The average molecular weight is 326 g/mol. The minimum atomic E-state index is 0.138. The van der Waals surface area contributed by atoms with E-state index >= 15 is 0 Å². The molecule has 1 aromatic carbocycles. The van der Waals surface area contributed by atoms with Crippen LogP contribution in [0.5, 0.6) is 0 Å². The summed E-state index contributed by atoms with van der Waals surface area (Å²) < 4.78 is 1.72. The molecule has 0 saturated carbocycles. The van der Waals surface area contributed by atoms with E-state index in [1.807, 2.05) is 32.2 Å². The van der Waals surface area contributed by atoms with Gasteiger partial charge in [0, 0.05) is 23.7 Å². The summed E-state index contributed by atoms with van der Waals surface area (Å²) >= 11 is 12.7. The highest BCUT2D eigenvalue weighted by atomic mass is 35.5. The van der Waals surface area contributed by atoms with E-state index in [2.05, 4.69) is 23.4 Å². The molecule has 0 spiro atoms. The van der Waals surface area contributed by atoms with Crippen molar-refractivity contribution in [1.82, 2.24) is 15.1 Å². The first-order chi connectivity index (χ1) is 10.0. The van der Waals surface area contributed by atoms with Crippen molar-refractivity contribution in [3.8, 4) is 0 Å². The Kier molecular flexibility index (Phi) is 5.68. The van der Waals surface area contributed by atoms with Crippen LogP contribution in [0.2, 0.25) is 10.2 Å². The SMILES string of the molecule is CCCNC(Cc1c(C)nn(C)c1Cl)c1ccccc1Cl. The Morgan fingerprint density at radius 3 is 2.57 bits per heavy atom. The lowest BCUT2D eigenvalue weighted by Gasteiger charge is -2.20. The van der Waals surface area contributed by atoms with Gasteiger partial charge in [-0.15, -0.1) is 0 Å². The maximum absolute atomic E-state index is 6.36. The second-order valence-electron chi connectivity index (χ2n) is 5.21. The van der Waals surface area contributed by atoms with Crippen LogP contribution in [0.4, 0.5) is 0 Å². The first-order valence-corrected chi connectivity index (χ1v) is 7.96. The second kappa shape index (κ2) is 7.30. The molecule has 0 fully saturated rings. The molecule has 0 radical (unpaired) electrons. The molecule has 2 aromatic rings. The van der Waals surface area contributed by atoms with E-state index in [4.69, 9.17) is 23.2 Å². The number of aromatic nitrogens is 2. The second-order valence-corrected chi connectivity index (χ2v) is 5.98. The third-order valence-corrected chi connectivity index (χ3v) is 4.42. The topological polar surface area (TPSA) is 29.9 Å². The Hall–Kier alpha value is -1.03. The molecule has 1 unspecified atom stereocenters. The molecule has 0 aliphatic heterocycles. The predicted molar refractivity (Wildman–Crippen MR) is 89.1 cm³/mol. The third-order valence-electron chi connectivity index (χ3n) is 3.60. The van der Waals surface area contributed by atoms with Crippen molar-refractivity contribution >= 4 is 23.2 Å². The van der Waals surface area contributed by atoms with Gasteiger partial charge in [-0.3, -0.25) is 4.68 Å². The van der Waals surface area contributed by atoms with E-state index < -0.39 is 0 Å². The van der Waals surface area contributed by atoms with Crippen LogP contribution >= 0.6 is 23.2 Å². The molecule has 1 aromatic heterocycles. The summed E-state index contributed by atoms with van der Waals surface area (Å²) in [5.74, 6) is 0. The molecular formula is C16H21Cl2N3. The lowest BCUT2D eigenvalue weighted by Crippen LogP contribution is -2.24. The van der Waals surface area contributed by atoms with Gasteiger partial charge in [-0.1, -0.05) is 48.3 Å². The van der Waals surface area contributed by atoms with Crippen LogP contribution in [-0.2, 0) is 13.5 Å². The molecule has 0 aliphatic rings. The van der Waals surface area contributed by atoms with Crippen molar-refractivity contribution in [3.05, 3.63) is 51.3 Å². The molecule has 3 nitrogen and oxygen atoms in total. The molecule has 21 heavy (non-hydrogen) atoms. The van der Waals surface area contributed by atoms with Gasteiger partial charge in [-0.25, -0.2) is 0 Å². The molecule has 0 saturated heterocycles. The van der Waals surface area contributed by atoms with Crippen molar-refractivity contribution in [2.24, 2.45) is 7.05 Å². The van der Waals surface area contributed by atoms with E-state index in [1.54, 1.807) is 4.68 Å². The van der Waals surface area contributed by atoms with Gasteiger partial charge in [0.2, 0.25) is 0 Å². The van der Waals surface area contributed by atoms with Gasteiger partial charge < -0.3 is 5.32 Å². The van der Waals surface area contributed by atoms with Crippen LogP contribution in [0.15, 0.2) is 24.3 Å². The van der Waals surface area contributed by atoms with Gasteiger partial charge in [0.05, 0.1) is 5.69 Å². The Bertz CT molecular complexity index is 608. The minimum absolute atomic E-state index is 0.138. The molecule has 1 N–H and O–H groups in total. The Morgan fingerprint density at radius 1 is 1.29 bits per heavy atom. The van der Waals surface area contributed by atoms with Gasteiger partial charge in [-0.2, -0.15) is 5.10 Å². The van der Waals surface area contributed by atoms with Crippen molar-refractivity contribution in [2.45, 2.75) is 32.7 Å². The molecule has 5 heteroatoms. The van der Waals surface area contributed by atoms with E-state index in [9.17, 15) is 0 Å². The first kappa shape index (κ1) is 16.3. The highest BCUT2D eigenvalue weighted by Gasteiger charge is 2.19. The van der Waals surface area contributed by atoms with Gasteiger partial charge in [0.25, 0.3) is 0 Å². The highest BCUT2D eigenvalue weighted by molar-refractivity contribution is 6.31. The molecule has 0 bridgehead atoms. The number of rotatable bonds is 6. The average Bonchev–Trinajstić information content (AvgIpc) is 2.70. The molecule has 2 rings (SSSR count). The van der Waals surface area contributed by atoms with Gasteiger partial charge >= 0.3 is 0 Å². The molecule has 114 valence electrons. The Labute approximate surface area is 136 Å². The van der Waals surface area contributed by atoms with Gasteiger partial charge in [0.15, 0.2) is 0 Å². The fourth-order valence-corrected chi connectivity index (χ4v) is 3.00. The number of nitrogens with zero attached hydrogens (tertiary/aromatic N) is 2. The molecule has 1 atom stereocenters. The lowest BCUT2D eigenvalue weighted by atomic mass is 9.99. The summed E-state index contributed by atoms with van der Waals surface area (Å²) in [6, 6.07) is 8.09. The lowest BCUT2D eigenvalue weighted by molar-refractivity contribution is 0.528. The smallest absolute Gasteiger partial charge is 0.130 e. The maximum Gasteiger partial charge on any atom is 0.130 e. The summed E-state index contributed by atoms with van der Waals surface area (Å²) in [6.45, 7) is 5.08. The Morgan fingerprint density at radius 2 is 2.00 bits per heavy atom. The maximum atomic E-state index is 6.36. The summed E-state index contributed by atoms with van der Waals surface area (Å²) in [4.78, 5) is 0. The zero-order chi connectivity index (χ0) is 15.4. The monoisotopic (exact) mass is 325 g/mol. The summed E-state index contributed by atoms with van der Waals surface area (Å²) in [7, 11) is 1.86. The van der Waals surface area contributed by atoms with Crippen LogP contribution in [-0.4, -0.2) is 16.3 Å². The van der Waals surface area contributed by atoms with Crippen LogP contribution in [0.25, 0.3) is 0 Å². The molecular weight excluding hydrogens is 305 g/mol. The number of hydrogen-bond acceptors (Lipinski definition) is 2. The minimum Gasteiger partial charge on any atom is -0.310 e. The largest absolute Gasteiger partial charge is 0.310 e. The van der Waals surface area contributed by atoms with Crippen LogP contribution < -0.4 is 5.32 Å². The zero-order valence-corrected chi connectivity index (χ0v) is 14.2. The Balaban J connectivity index is 2.31. The number of benzene rings is 1. The number of halogens is 2. The normalized spacial score (nSPS) is 12.6. The number of aryl methyl sites for hydroxylation is 2. The molecule has 0 aliphatic carbocycles. The predicted octanol–water partition coefficient (Wildman–Crippen LogP) is 4.32. The van der Waals surface area contributed by atoms with Crippen LogP contribution in [0.1, 0.15) is 36.2 Å². The fraction of sp³-hybridized carbons (Fsp3) is 0.438. The van der Waals surface area contributed by atoms with E-state index in [-0.39, 0.29) is 6.04 Å².